The molecule has 3 aliphatic carbocycles. The average Bonchev–Trinajstić information content (AvgIpc) is 2.88. The third-order valence-corrected chi connectivity index (χ3v) is 5.97. The molecule has 203 valence electrons. The molecular weight excluding hydrogens is 731 g/mol. The monoisotopic (exact) mass is 764 g/mol. The van der Waals surface area contributed by atoms with E-state index in [4.69, 9.17) is 0 Å². The van der Waals surface area contributed by atoms with Crippen molar-refractivity contribution in [3.63, 3.8) is 0 Å². The second kappa shape index (κ2) is 21.1. The maximum atomic E-state index is 12.2. The van der Waals surface area contributed by atoms with E-state index in [0.29, 0.717) is 53.1 Å². The summed E-state index contributed by atoms with van der Waals surface area (Å²) in [6.45, 7) is 9.49. The van der Waals surface area contributed by atoms with Gasteiger partial charge in [0.25, 0.3) is 0 Å². The topological polar surface area (TPSA) is 90.5 Å². The fraction of sp³-hybridized carbons (Fsp3) is 0.300. The van der Waals surface area contributed by atoms with Crippen LogP contribution < -0.4 is 16.0 Å². The molecule has 40 heavy (non-hydrogen) atoms. The van der Waals surface area contributed by atoms with Gasteiger partial charge in [0.15, 0.2) is 0 Å². The molecule has 0 saturated carbocycles. The maximum absolute atomic E-state index is 12.2. The minimum atomic E-state index is -0.000137. The summed E-state index contributed by atoms with van der Waals surface area (Å²) in [5.41, 5.74) is 3.77. The minimum absolute atomic E-state index is 0. The first-order chi connectivity index (χ1) is 17.9. The van der Waals surface area contributed by atoms with E-state index in [-0.39, 0.29) is 115 Å². The predicted molar refractivity (Wildman–Crippen MR) is 144 cm³/mol. The molecular formula is C30H33N4O3Y3-3. The zero-order valence-electron chi connectivity index (χ0n) is 23.3. The molecule has 0 heterocycles. The molecule has 0 aromatic heterocycles. The van der Waals surface area contributed by atoms with E-state index in [0.717, 1.165) is 19.6 Å². The van der Waals surface area contributed by atoms with Crippen molar-refractivity contribution in [1.82, 2.24) is 20.9 Å². The quantitative estimate of drug-likeness (QED) is 0.160. The summed E-state index contributed by atoms with van der Waals surface area (Å²) in [5.74, 6) is -0.000410. The second-order valence-corrected chi connectivity index (χ2v) is 8.91. The SMILES string of the molecule is CC1=C[C-]=C/C(=C/NCCN(CCN/C=C2/C=[C-]C=C(C)C2=O)CCN/C=C2/C=[C-]C=C(C)C2=O)C1=O.[Y].[Y].[Y]. The van der Waals surface area contributed by atoms with Crippen LogP contribution in [0.4, 0.5) is 0 Å². The van der Waals surface area contributed by atoms with Gasteiger partial charge in [-0.25, -0.2) is 0 Å². The Balaban J connectivity index is 0.00000507. The van der Waals surface area contributed by atoms with Crippen LogP contribution in [0.15, 0.2) is 88.5 Å². The molecule has 10 heteroatoms. The summed E-state index contributed by atoms with van der Waals surface area (Å²) in [7, 11) is 0. The molecule has 0 atom stereocenters. The summed E-state index contributed by atoms with van der Waals surface area (Å²) < 4.78 is 0. The molecule has 0 aliphatic heterocycles. The van der Waals surface area contributed by atoms with Gasteiger partial charge in [-0.1, -0.05) is 37.5 Å². The van der Waals surface area contributed by atoms with Crippen molar-refractivity contribution >= 4 is 17.3 Å². The van der Waals surface area contributed by atoms with Gasteiger partial charge in [0.1, 0.15) is 0 Å². The summed E-state index contributed by atoms with van der Waals surface area (Å²) in [6, 6.07) is 0. The van der Waals surface area contributed by atoms with Crippen LogP contribution in [0.3, 0.4) is 0 Å². The van der Waals surface area contributed by atoms with E-state index in [1.807, 2.05) is 0 Å². The van der Waals surface area contributed by atoms with Crippen LogP contribution in [0.2, 0.25) is 0 Å². The number of nitrogens with zero attached hydrogens (tertiary/aromatic N) is 1. The van der Waals surface area contributed by atoms with Gasteiger partial charge >= 0.3 is 0 Å². The number of hydrogen-bond acceptors (Lipinski definition) is 7. The van der Waals surface area contributed by atoms with Gasteiger partial charge in [0, 0.05) is 137 Å². The Bertz CT molecular complexity index is 1060. The van der Waals surface area contributed by atoms with Crippen LogP contribution in [0.25, 0.3) is 0 Å². The Morgan fingerprint density at radius 3 is 1.12 bits per heavy atom. The van der Waals surface area contributed by atoms with Crippen molar-refractivity contribution in [2.24, 2.45) is 0 Å². The van der Waals surface area contributed by atoms with E-state index >= 15 is 0 Å². The Labute approximate surface area is 313 Å². The van der Waals surface area contributed by atoms with Crippen molar-refractivity contribution in [2.45, 2.75) is 20.8 Å². The van der Waals surface area contributed by atoms with Gasteiger partial charge in [0.05, 0.1) is 17.3 Å². The summed E-state index contributed by atoms with van der Waals surface area (Å²) in [5, 5.41) is 9.68. The van der Waals surface area contributed by atoms with Crippen LogP contribution in [-0.2, 0) is 113 Å². The number of carbonyl (C=O) groups excluding carboxylic acids is 3. The molecule has 3 radical (unpaired) electrons. The fourth-order valence-electron chi connectivity index (χ4n) is 3.72. The minimum Gasteiger partial charge on any atom is -0.400 e. The molecule has 0 aromatic carbocycles. The second-order valence-electron chi connectivity index (χ2n) is 8.91. The number of carbonyl (C=O) groups is 3. The molecule has 0 spiro atoms. The van der Waals surface area contributed by atoms with E-state index in [1.54, 1.807) is 75.8 Å². The average molecular weight is 764 g/mol. The number of Topliss-reactive ketones (excluding diaryl/α,β-unsaturated/α-hetero) is 3. The van der Waals surface area contributed by atoms with Gasteiger partial charge < -0.3 is 30.3 Å². The third kappa shape index (κ3) is 12.7. The zero-order valence-corrected chi connectivity index (χ0v) is 31.9. The van der Waals surface area contributed by atoms with Crippen molar-refractivity contribution in [3.05, 3.63) is 107 Å². The molecule has 3 rings (SSSR count). The number of rotatable bonds is 12. The Morgan fingerprint density at radius 2 is 0.850 bits per heavy atom. The van der Waals surface area contributed by atoms with E-state index in [9.17, 15) is 14.4 Å². The number of ketones is 3. The van der Waals surface area contributed by atoms with Crippen molar-refractivity contribution in [2.75, 3.05) is 39.3 Å². The number of hydrogen-bond donors (Lipinski definition) is 3. The standard InChI is InChI=1S/C30H33N4O3.3Y/c1-22-7-4-10-25(28(22)35)19-31-13-16-34(17-14-32-20-26-11-5-8-23(2)29(26)36)18-15-33-21-27-12-6-9-24(3)30(27)37;;;/h7-12,19-21,31-33H,13-18H2,1-3H3;;;/q-3;;;/b25-19-,26-20-,27-21-;;;. The van der Waals surface area contributed by atoms with Crippen molar-refractivity contribution in [1.29, 1.82) is 0 Å². The number of nitrogens with one attached hydrogen (secondary N) is 3. The van der Waals surface area contributed by atoms with E-state index in [2.05, 4.69) is 39.1 Å². The number of allylic oxidation sites excluding steroid dienone is 15. The first kappa shape index (κ1) is 39.3. The molecule has 0 fully saturated rings. The van der Waals surface area contributed by atoms with Crippen molar-refractivity contribution < 1.29 is 113 Å². The molecule has 7 nitrogen and oxygen atoms in total. The van der Waals surface area contributed by atoms with Gasteiger partial charge in [-0.15, -0.1) is 16.7 Å². The maximum Gasteiger partial charge on any atom is 0.0827 e. The fourth-order valence-corrected chi connectivity index (χ4v) is 3.72. The molecule has 3 N–H and O–H groups in total. The van der Waals surface area contributed by atoms with Gasteiger partial charge in [-0.3, -0.25) is 4.90 Å². The Morgan fingerprint density at radius 1 is 0.575 bits per heavy atom. The van der Waals surface area contributed by atoms with Crippen LogP contribution in [-0.4, -0.2) is 61.5 Å². The first-order valence-electron chi connectivity index (χ1n) is 12.3. The normalized spacial score (nSPS) is 19.1. The van der Waals surface area contributed by atoms with Gasteiger partial charge in [-0.2, -0.15) is 54.7 Å². The molecule has 0 bridgehead atoms. The smallest absolute Gasteiger partial charge is 0.0827 e. The Kier molecular flexibility index (Phi) is 20.7. The summed E-state index contributed by atoms with van der Waals surface area (Å²) in [4.78, 5) is 38.8. The summed E-state index contributed by atoms with van der Waals surface area (Å²) >= 11 is 0. The Hall–Kier alpha value is -0.658. The molecule has 3 aliphatic rings. The first-order valence-corrected chi connectivity index (χ1v) is 12.3. The van der Waals surface area contributed by atoms with Gasteiger partial charge in [0.2, 0.25) is 0 Å². The van der Waals surface area contributed by atoms with E-state index < -0.39 is 0 Å². The molecule has 0 aromatic rings. The van der Waals surface area contributed by atoms with Crippen LogP contribution >= 0.6 is 0 Å². The van der Waals surface area contributed by atoms with Crippen LogP contribution in [0, 0.1) is 18.2 Å². The summed E-state index contributed by atoms with van der Waals surface area (Å²) in [6.07, 6.45) is 24.2. The molecule has 0 saturated heterocycles. The van der Waals surface area contributed by atoms with Gasteiger partial charge in [-0.05, 0) is 18.6 Å². The van der Waals surface area contributed by atoms with Crippen LogP contribution in [0.5, 0.6) is 0 Å². The molecule has 0 amide bonds. The van der Waals surface area contributed by atoms with Crippen LogP contribution in [0.1, 0.15) is 20.8 Å². The van der Waals surface area contributed by atoms with E-state index in [1.165, 1.54) is 0 Å². The van der Waals surface area contributed by atoms with Crippen molar-refractivity contribution in [3.8, 4) is 0 Å². The largest absolute Gasteiger partial charge is 0.400 e. The predicted octanol–water partition coefficient (Wildman–Crippen LogP) is 2.37. The zero-order chi connectivity index (χ0) is 26.6. The third-order valence-electron chi connectivity index (χ3n) is 5.97. The molecule has 0 unspecified atom stereocenters.